The summed E-state index contributed by atoms with van der Waals surface area (Å²) in [5.41, 5.74) is 29.0. The summed E-state index contributed by atoms with van der Waals surface area (Å²) >= 11 is 0. The first-order chi connectivity index (χ1) is 42.9. The van der Waals surface area contributed by atoms with Gasteiger partial charge in [0.25, 0.3) is 13.4 Å². The third kappa shape index (κ3) is 7.59. The molecule has 0 spiro atoms. The molecule has 19 rings (SSSR count). The maximum absolute atomic E-state index is 8.07. The van der Waals surface area contributed by atoms with Crippen molar-refractivity contribution in [3.63, 3.8) is 0 Å². The van der Waals surface area contributed by atoms with Gasteiger partial charge in [0, 0.05) is 43.5 Å². The minimum Gasteiger partial charge on any atom is -0.456 e. The predicted molar refractivity (Wildman–Crippen MR) is 371 cm³/mol. The molecule has 0 bridgehead atoms. The smallest absolute Gasteiger partial charge is 0.256 e. The Labute approximate surface area is 519 Å². The third-order valence-corrected chi connectivity index (χ3v) is 23.5. The van der Waals surface area contributed by atoms with Crippen molar-refractivity contribution in [1.82, 2.24) is 9.13 Å². The van der Waals surface area contributed by atoms with E-state index in [9.17, 15) is 0 Å². The summed E-state index contributed by atoms with van der Waals surface area (Å²) in [4.78, 5) is 0. The number of hydrogen-bond donors (Lipinski definition) is 0. The van der Waals surface area contributed by atoms with Gasteiger partial charge in [0.1, 0.15) is 23.0 Å². The topological polar surface area (TPSA) is 28.3 Å². The number of ether oxygens (including phenoxy) is 2. The molecule has 434 valence electrons. The Morgan fingerprint density at radius 3 is 1.05 bits per heavy atom. The molecule has 0 amide bonds. The second kappa shape index (κ2) is 18.9. The van der Waals surface area contributed by atoms with Crippen molar-refractivity contribution in [2.75, 3.05) is 0 Å². The molecule has 0 radical (unpaired) electrons. The highest BCUT2D eigenvalue weighted by Gasteiger charge is 2.51. The summed E-state index contributed by atoms with van der Waals surface area (Å²) in [6.45, 7) is 13.6. The highest BCUT2D eigenvalue weighted by atomic mass is 16.5. The lowest BCUT2D eigenvalue weighted by Crippen LogP contribution is -2.63. The molecule has 88 heavy (non-hydrogen) atoms. The number of rotatable bonds is 6. The molecule has 4 saturated carbocycles. The van der Waals surface area contributed by atoms with Gasteiger partial charge < -0.3 is 18.6 Å². The van der Waals surface area contributed by atoms with Crippen LogP contribution in [0.2, 0.25) is 0 Å². The fraction of sp³-hybridized carbons (Fsp3) is 0.341. The number of nitrogens with zero attached hydrogens (tertiary/aromatic N) is 2. The monoisotopic (exact) mass is 1140 g/mol. The Kier molecular flexibility index (Phi) is 11.2. The standard InChI is InChI=1S/C82H78B2N2O2/c1-81(2,3)59-31-23-51(24-32-59)55-29-37-71-65(43-55)83-67-45-57(49-19-11-12-20-49)41-63-61-39-53(47-15-7-8-16-47)27-35-69(61)85(75(63)67)77-73(83)79(87-71)78-74-80(77)88-72-38-30-56(52-25-33-60(34-26-52)82(4,5)6)44-66(72)84(74)68-46-58(50-21-13-14-22-50)42-64-62-40-54(48-17-9-10-18-48)28-36-70(62)86(78)76(64)68/h23-50H,7-22H2,1-6H3. The first-order valence-electron chi connectivity index (χ1n) is 34.2. The Morgan fingerprint density at radius 1 is 0.341 bits per heavy atom. The van der Waals surface area contributed by atoms with Crippen LogP contribution in [-0.2, 0) is 10.8 Å². The van der Waals surface area contributed by atoms with Gasteiger partial charge in [-0.25, -0.2) is 0 Å². The molecular formula is C82H78B2N2O2. The van der Waals surface area contributed by atoms with E-state index in [1.165, 1.54) is 235 Å². The molecule has 6 heteroatoms. The molecule has 4 nitrogen and oxygen atoms in total. The van der Waals surface area contributed by atoms with Gasteiger partial charge >= 0.3 is 0 Å². The Morgan fingerprint density at radius 2 is 0.682 bits per heavy atom. The maximum Gasteiger partial charge on any atom is 0.256 e. The fourth-order valence-electron chi connectivity index (χ4n) is 18.9. The molecule has 0 saturated heterocycles. The van der Waals surface area contributed by atoms with Crippen LogP contribution in [0, 0.1) is 0 Å². The molecule has 9 aromatic carbocycles. The van der Waals surface area contributed by atoms with Crippen molar-refractivity contribution < 1.29 is 9.47 Å². The van der Waals surface area contributed by atoms with Crippen LogP contribution in [0.25, 0.3) is 77.2 Å². The maximum atomic E-state index is 8.07. The average molecular weight is 1150 g/mol. The van der Waals surface area contributed by atoms with Crippen LogP contribution in [0.4, 0.5) is 0 Å². The van der Waals surface area contributed by atoms with E-state index in [0.29, 0.717) is 23.7 Å². The molecule has 4 aliphatic heterocycles. The zero-order chi connectivity index (χ0) is 58.6. The van der Waals surface area contributed by atoms with Gasteiger partial charge in [0.2, 0.25) is 0 Å². The zero-order valence-electron chi connectivity index (χ0n) is 52.3. The van der Waals surface area contributed by atoms with Crippen LogP contribution in [0.3, 0.4) is 0 Å². The summed E-state index contributed by atoms with van der Waals surface area (Å²) in [5, 5.41) is 5.55. The van der Waals surface area contributed by atoms with Crippen molar-refractivity contribution >= 4 is 89.8 Å². The van der Waals surface area contributed by atoms with Gasteiger partial charge in [0.05, 0.1) is 22.4 Å². The van der Waals surface area contributed by atoms with Crippen LogP contribution >= 0.6 is 0 Å². The van der Waals surface area contributed by atoms with Crippen molar-refractivity contribution in [2.24, 2.45) is 0 Å². The van der Waals surface area contributed by atoms with E-state index < -0.39 is 0 Å². The predicted octanol–water partition coefficient (Wildman–Crippen LogP) is 18.3. The molecule has 2 aromatic heterocycles. The molecule has 4 aliphatic carbocycles. The molecule has 0 unspecified atom stereocenters. The summed E-state index contributed by atoms with van der Waals surface area (Å²) in [7, 11) is 0. The van der Waals surface area contributed by atoms with E-state index in [-0.39, 0.29) is 24.3 Å². The SMILES string of the molecule is CC(C)(C)c1ccc(-c2ccc3c(c2)B2c4c(c5c6c(c4-n4c7ccc(C8CCCC8)cc7c7cc(C8CCCC8)cc2c74)Oc2ccc(-c4ccc(C(C)(C)C)cc4)cc2B6c2cc(C4CCCC4)cc4c6cc(C7CCCC7)ccc6n-5c24)O3)cc1. The summed E-state index contributed by atoms with van der Waals surface area (Å²) < 4.78 is 21.6. The van der Waals surface area contributed by atoms with Crippen molar-refractivity contribution in [1.29, 1.82) is 0 Å². The fourth-order valence-corrected chi connectivity index (χ4v) is 18.9. The van der Waals surface area contributed by atoms with E-state index >= 15 is 0 Å². The highest BCUT2D eigenvalue weighted by Crippen LogP contribution is 2.52. The second-order valence-corrected chi connectivity index (χ2v) is 30.6. The Hall–Kier alpha value is -7.69. The van der Waals surface area contributed by atoms with E-state index in [1.807, 2.05) is 0 Å². The third-order valence-electron chi connectivity index (χ3n) is 23.5. The van der Waals surface area contributed by atoms with Crippen LogP contribution in [0.15, 0.2) is 146 Å². The molecule has 8 aliphatic rings. The largest absolute Gasteiger partial charge is 0.456 e. The summed E-state index contributed by atoms with van der Waals surface area (Å²) in [6.07, 6.45) is 20.5. The molecule has 0 atom stereocenters. The normalized spacial score (nSPS) is 18.0. The van der Waals surface area contributed by atoms with Crippen LogP contribution < -0.4 is 42.3 Å². The number of benzene rings is 9. The minimum absolute atomic E-state index is 0.0613. The molecule has 0 N–H and O–H groups in total. The van der Waals surface area contributed by atoms with Gasteiger partial charge in [-0.05, 0) is 212 Å². The first kappa shape index (κ1) is 52.3. The second-order valence-electron chi connectivity index (χ2n) is 30.6. The van der Waals surface area contributed by atoms with Gasteiger partial charge in [-0.2, -0.15) is 0 Å². The van der Waals surface area contributed by atoms with Gasteiger partial charge in [-0.3, -0.25) is 0 Å². The highest BCUT2D eigenvalue weighted by molar-refractivity contribution is 7.02. The van der Waals surface area contributed by atoms with Crippen molar-refractivity contribution in [3.05, 3.63) is 179 Å². The zero-order valence-corrected chi connectivity index (χ0v) is 52.3. The molecule has 11 aromatic rings. The first-order valence-corrected chi connectivity index (χ1v) is 34.2. The molecular weight excluding hydrogens is 1070 g/mol. The molecule has 4 fully saturated rings. The van der Waals surface area contributed by atoms with E-state index in [1.54, 1.807) is 0 Å². The minimum atomic E-state index is -0.126. The van der Waals surface area contributed by atoms with Crippen molar-refractivity contribution in [3.8, 4) is 56.6 Å². The lowest BCUT2D eigenvalue weighted by Gasteiger charge is -2.41. The lowest BCUT2D eigenvalue weighted by atomic mass is 9.31. The van der Waals surface area contributed by atoms with E-state index in [0.717, 1.165) is 34.4 Å². The summed E-state index contributed by atoms with van der Waals surface area (Å²) in [6, 6.07) is 59.1. The number of fused-ring (bicyclic) bond motifs is 16. The Bertz CT molecular complexity index is 4480. The Balaban J connectivity index is 0.951. The average Bonchev–Trinajstić information content (AvgIpc) is 1.61. The van der Waals surface area contributed by atoms with Crippen molar-refractivity contribution in [2.45, 2.75) is 179 Å². The molecule has 6 heterocycles. The van der Waals surface area contributed by atoms with Gasteiger partial charge in [-0.15, -0.1) is 0 Å². The van der Waals surface area contributed by atoms with E-state index in [2.05, 4.69) is 196 Å². The lowest BCUT2D eigenvalue weighted by molar-refractivity contribution is 0.472. The number of hydrogen-bond acceptors (Lipinski definition) is 2. The van der Waals surface area contributed by atoms with E-state index in [4.69, 9.17) is 9.47 Å². The van der Waals surface area contributed by atoms with Crippen LogP contribution in [-0.4, -0.2) is 22.6 Å². The van der Waals surface area contributed by atoms with Crippen LogP contribution in [0.5, 0.6) is 23.0 Å². The van der Waals surface area contributed by atoms with Gasteiger partial charge in [-0.1, -0.05) is 190 Å². The van der Waals surface area contributed by atoms with Crippen LogP contribution in [0.1, 0.15) is 201 Å². The number of aromatic nitrogens is 2. The summed E-state index contributed by atoms with van der Waals surface area (Å²) in [5.74, 6) is 6.15. The van der Waals surface area contributed by atoms with Gasteiger partial charge in [0.15, 0.2) is 0 Å². The quantitative estimate of drug-likeness (QED) is 0.155.